The van der Waals surface area contributed by atoms with Crippen molar-refractivity contribution in [3.8, 4) is 5.75 Å². The molecule has 19 heavy (non-hydrogen) atoms. The van der Waals surface area contributed by atoms with Crippen molar-refractivity contribution in [3.63, 3.8) is 0 Å². The van der Waals surface area contributed by atoms with Gasteiger partial charge in [-0.1, -0.05) is 13.0 Å². The van der Waals surface area contributed by atoms with Crippen LogP contribution in [0.2, 0.25) is 0 Å². The zero-order valence-corrected chi connectivity index (χ0v) is 11.4. The maximum absolute atomic E-state index is 12.0. The largest absolute Gasteiger partial charge is 0.508 e. The fourth-order valence-corrected chi connectivity index (χ4v) is 1.59. The van der Waals surface area contributed by atoms with E-state index < -0.39 is 11.4 Å². The Morgan fingerprint density at radius 3 is 2.53 bits per heavy atom. The van der Waals surface area contributed by atoms with E-state index in [0.717, 1.165) is 0 Å². The van der Waals surface area contributed by atoms with Gasteiger partial charge in [0.25, 0.3) is 5.91 Å². The minimum atomic E-state index is -0.986. The molecule has 1 amide bonds. The van der Waals surface area contributed by atoms with Crippen molar-refractivity contribution in [2.75, 3.05) is 6.54 Å². The van der Waals surface area contributed by atoms with Crippen LogP contribution in [0, 0.1) is 12.3 Å². The van der Waals surface area contributed by atoms with Crippen molar-refractivity contribution in [1.29, 1.82) is 0 Å². The SMILES string of the molecule is CCC(C)(CNC(=O)c1cccc(O)c1C)C(=O)O. The molecule has 0 spiro atoms. The van der Waals surface area contributed by atoms with Crippen LogP contribution in [0.1, 0.15) is 36.2 Å². The van der Waals surface area contributed by atoms with Gasteiger partial charge in [-0.2, -0.15) is 0 Å². The van der Waals surface area contributed by atoms with Gasteiger partial charge in [0.05, 0.1) is 5.41 Å². The maximum atomic E-state index is 12.0. The second kappa shape index (κ2) is 5.73. The monoisotopic (exact) mass is 265 g/mol. The minimum absolute atomic E-state index is 0.0455. The summed E-state index contributed by atoms with van der Waals surface area (Å²) in [4.78, 5) is 23.1. The highest BCUT2D eigenvalue weighted by molar-refractivity contribution is 5.96. The summed E-state index contributed by atoms with van der Waals surface area (Å²) in [7, 11) is 0. The molecule has 0 aliphatic carbocycles. The Bertz CT molecular complexity index is 498. The molecule has 104 valence electrons. The molecule has 0 aliphatic rings. The number of aromatic hydroxyl groups is 1. The van der Waals surface area contributed by atoms with E-state index in [4.69, 9.17) is 5.11 Å². The molecule has 0 bridgehead atoms. The van der Waals surface area contributed by atoms with Gasteiger partial charge >= 0.3 is 5.97 Å². The number of nitrogens with one attached hydrogen (secondary N) is 1. The Hall–Kier alpha value is -2.04. The molecule has 0 aliphatic heterocycles. The van der Waals surface area contributed by atoms with Gasteiger partial charge in [0.15, 0.2) is 0 Å². The molecule has 5 heteroatoms. The van der Waals surface area contributed by atoms with Crippen molar-refractivity contribution in [2.24, 2.45) is 5.41 Å². The number of carbonyl (C=O) groups is 2. The number of hydrogen-bond donors (Lipinski definition) is 3. The quantitative estimate of drug-likeness (QED) is 0.759. The Morgan fingerprint density at radius 1 is 1.37 bits per heavy atom. The van der Waals surface area contributed by atoms with Crippen LogP contribution in [0.5, 0.6) is 5.75 Å². The molecule has 0 saturated carbocycles. The molecule has 1 aromatic rings. The second-order valence-electron chi connectivity index (χ2n) is 4.85. The fourth-order valence-electron chi connectivity index (χ4n) is 1.59. The number of aliphatic carboxylic acids is 1. The first-order chi connectivity index (χ1) is 8.81. The first-order valence-electron chi connectivity index (χ1n) is 6.12. The van der Waals surface area contributed by atoms with Crippen LogP contribution in [-0.2, 0) is 4.79 Å². The highest BCUT2D eigenvalue weighted by atomic mass is 16.4. The van der Waals surface area contributed by atoms with E-state index in [1.165, 1.54) is 6.07 Å². The van der Waals surface area contributed by atoms with E-state index in [9.17, 15) is 14.7 Å². The third-order valence-electron chi connectivity index (χ3n) is 3.49. The Balaban J connectivity index is 2.81. The standard InChI is InChI=1S/C14H19NO4/c1-4-14(3,13(18)19)8-15-12(17)10-6-5-7-11(16)9(10)2/h5-7,16H,4,8H2,1-3H3,(H,15,17)(H,18,19). The lowest BCUT2D eigenvalue weighted by molar-refractivity contribution is -0.147. The van der Waals surface area contributed by atoms with E-state index in [-0.39, 0.29) is 18.2 Å². The van der Waals surface area contributed by atoms with Gasteiger partial charge in [-0.25, -0.2) is 0 Å². The zero-order valence-electron chi connectivity index (χ0n) is 11.4. The summed E-state index contributed by atoms with van der Waals surface area (Å²) >= 11 is 0. The van der Waals surface area contributed by atoms with Gasteiger partial charge in [0, 0.05) is 17.7 Å². The van der Waals surface area contributed by atoms with Crippen LogP contribution in [0.4, 0.5) is 0 Å². The van der Waals surface area contributed by atoms with Crippen LogP contribution < -0.4 is 5.32 Å². The van der Waals surface area contributed by atoms with Gasteiger partial charge in [-0.05, 0) is 32.4 Å². The number of rotatable bonds is 5. The van der Waals surface area contributed by atoms with E-state index in [2.05, 4.69) is 5.32 Å². The van der Waals surface area contributed by atoms with Gasteiger partial charge in [0.2, 0.25) is 0 Å². The van der Waals surface area contributed by atoms with Gasteiger partial charge in [0.1, 0.15) is 5.75 Å². The van der Waals surface area contributed by atoms with E-state index in [0.29, 0.717) is 17.5 Å². The first-order valence-corrected chi connectivity index (χ1v) is 6.12. The van der Waals surface area contributed by atoms with Gasteiger partial charge < -0.3 is 15.5 Å². The van der Waals surface area contributed by atoms with Crippen molar-refractivity contribution < 1.29 is 19.8 Å². The maximum Gasteiger partial charge on any atom is 0.311 e. The molecule has 0 radical (unpaired) electrons. The minimum Gasteiger partial charge on any atom is -0.508 e. The molecule has 1 aromatic carbocycles. The van der Waals surface area contributed by atoms with Crippen molar-refractivity contribution in [2.45, 2.75) is 27.2 Å². The molecule has 0 heterocycles. The fraction of sp³-hybridized carbons (Fsp3) is 0.429. The van der Waals surface area contributed by atoms with Crippen LogP contribution in [0.3, 0.4) is 0 Å². The zero-order chi connectivity index (χ0) is 14.6. The average molecular weight is 265 g/mol. The van der Waals surface area contributed by atoms with Crippen molar-refractivity contribution >= 4 is 11.9 Å². The first kappa shape index (κ1) is 15.0. The van der Waals surface area contributed by atoms with E-state index >= 15 is 0 Å². The summed E-state index contributed by atoms with van der Waals surface area (Å²) in [6, 6.07) is 4.67. The predicted octanol–water partition coefficient (Wildman–Crippen LogP) is 1.93. The highest BCUT2D eigenvalue weighted by Gasteiger charge is 2.31. The van der Waals surface area contributed by atoms with Gasteiger partial charge in [-0.3, -0.25) is 9.59 Å². The number of hydrogen-bond acceptors (Lipinski definition) is 3. The lowest BCUT2D eigenvalue weighted by Crippen LogP contribution is -2.40. The van der Waals surface area contributed by atoms with Crippen LogP contribution >= 0.6 is 0 Å². The summed E-state index contributed by atoms with van der Waals surface area (Å²) in [5.41, 5.74) is -0.155. The summed E-state index contributed by atoms with van der Waals surface area (Å²) in [6.07, 6.45) is 0.418. The number of benzene rings is 1. The Kier molecular flexibility index (Phi) is 4.53. The number of amides is 1. The topological polar surface area (TPSA) is 86.6 Å². The average Bonchev–Trinajstić information content (AvgIpc) is 2.38. The summed E-state index contributed by atoms with van der Waals surface area (Å²) < 4.78 is 0. The molecule has 1 unspecified atom stereocenters. The lowest BCUT2D eigenvalue weighted by Gasteiger charge is -2.23. The molecule has 3 N–H and O–H groups in total. The molecular formula is C14H19NO4. The smallest absolute Gasteiger partial charge is 0.311 e. The van der Waals surface area contributed by atoms with Gasteiger partial charge in [-0.15, -0.1) is 0 Å². The van der Waals surface area contributed by atoms with Crippen LogP contribution in [-0.4, -0.2) is 28.6 Å². The number of carboxylic acids is 1. The molecule has 1 rings (SSSR count). The summed E-state index contributed by atoms with van der Waals surface area (Å²) in [5.74, 6) is -1.28. The molecule has 0 aromatic heterocycles. The molecular weight excluding hydrogens is 246 g/mol. The second-order valence-corrected chi connectivity index (χ2v) is 4.85. The number of carbonyl (C=O) groups excluding carboxylic acids is 1. The summed E-state index contributed by atoms with van der Waals surface area (Å²) in [6.45, 7) is 5.04. The molecule has 0 fully saturated rings. The summed E-state index contributed by atoms with van der Waals surface area (Å²) in [5, 5.41) is 21.3. The molecule has 5 nitrogen and oxygen atoms in total. The number of phenolic OH excluding ortho intramolecular Hbond substituents is 1. The normalized spacial score (nSPS) is 13.6. The predicted molar refractivity (Wildman–Crippen MR) is 71.2 cm³/mol. The van der Waals surface area contributed by atoms with E-state index in [1.807, 2.05) is 0 Å². The van der Waals surface area contributed by atoms with Crippen molar-refractivity contribution in [1.82, 2.24) is 5.32 Å². The van der Waals surface area contributed by atoms with Crippen molar-refractivity contribution in [3.05, 3.63) is 29.3 Å². The number of carboxylic acid groups (broad SMARTS) is 1. The Labute approximate surface area is 112 Å². The highest BCUT2D eigenvalue weighted by Crippen LogP contribution is 2.22. The number of phenols is 1. The van der Waals surface area contributed by atoms with E-state index in [1.54, 1.807) is 32.9 Å². The molecule has 1 atom stereocenters. The van der Waals surface area contributed by atoms with Crippen LogP contribution in [0.15, 0.2) is 18.2 Å². The third-order valence-corrected chi connectivity index (χ3v) is 3.49. The Morgan fingerprint density at radius 2 is 2.00 bits per heavy atom. The van der Waals surface area contributed by atoms with Crippen LogP contribution in [0.25, 0.3) is 0 Å². The third kappa shape index (κ3) is 3.24. The molecule has 0 saturated heterocycles. The lowest BCUT2D eigenvalue weighted by atomic mass is 9.87.